The van der Waals surface area contributed by atoms with Crippen LogP contribution in [0.2, 0.25) is 0 Å². The minimum atomic E-state index is -3.64. The minimum Gasteiger partial charge on any atom is -0.497 e. The van der Waals surface area contributed by atoms with E-state index < -0.39 is 10.0 Å². The third-order valence-electron chi connectivity index (χ3n) is 3.57. The normalized spacial score (nSPS) is 11.1. The van der Waals surface area contributed by atoms with Crippen LogP contribution < -0.4 is 14.2 Å². The standard InChI is InChI=1S/C16H19NO4S/c1-11-12(2)16(21-4)10-9-15(11)17-22(18,19)14-7-5-13(20-3)6-8-14/h5-10,17H,1-4H3. The Morgan fingerprint density at radius 3 is 2.05 bits per heavy atom. The molecule has 22 heavy (non-hydrogen) atoms. The van der Waals surface area contributed by atoms with Crippen molar-refractivity contribution in [2.24, 2.45) is 0 Å². The Bertz CT molecular complexity index is 767. The molecule has 6 heteroatoms. The molecule has 0 saturated heterocycles. The summed E-state index contributed by atoms with van der Waals surface area (Å²) in [5.74, 6) is 1.33. The van der Waals surface area contributed by atoms with Gasteiger partial charge in [0.2, 0.25) is 0 Å². The summed E-state index contributed by atoms with van der Waals surface area (Å²) >= 11 is 0. The quantitative estimate of drug-likeness (QED) is 0.919. The number of hydrogen-bond donors (Lipinski definition) is 1. The van der Waals surface area contributed by atoms with Crippen molar-refractivity contribution < 1.29 is 17.9 Å². The van der Waals surface area contributed by atoms with E-state index in [0.717, 1.165) is 16.9 Å². The molecule has 0 aliphatic rings. The molecular formula is C16H19NO4S. The average molecular weight is 321 g/mol. The fourth-order valence-electron chi connectivity index (χ4n) is 2.09. The highest BCUT2D eigenvalue weighted by atomic mass is 32.2. The number of ether oxygens (including phenoxy) is 2. The molecule has 5 nitrogen and oxygen atoms in total. The van der Waals surface area contributed by atoms with Gasteiger partial charge >= 0.3 is 0 Å². The first-order chi connectivity index (χ1) is 10.4. The van der Waals surface area contributed by atoms with Gasteiger partial charge in [0.1, 0.15) is 11.5 Å². The van der Waals surface area contributed by atoms with Crippen LogP contribution in [0.3, 0.4) is 0 Å². The van der Waals surface area contributed by atoms with Crippen LogP contribution in [0, 0.1) is 13.8 Å². The summed E-state index contributed by atoms with van der Waals surface area (Å²) in [7, 11) is -0.524. The Hall–Kier alpha value is -2.21. The number of methoxy groups -OCH3 is 2. The second-order valence-corrected chi connectivity index (χ2v) is 6.53. The zero-order valence-corrected chi connectivity index (χ0v) is 13.8. The number of rotatable bonds is 5. The molecule has 0 bridgehead atoms. The van der Waals surface area contributed by atoms with E-state index in [1.165, 1.54) is 19.2 Å². The average Bonchev–Trinajstić information content (AvgIpc) is 2.52. The molecule has 2 aromatic carbocycles. The number of sulfonamides is 1. The number of nitrogens with one attached hydrogen (secondary N) is 1. The van der Waals surface area contributed by atoms with Crippen LogP contribution in [0.1, 0.15) is 11.1 Å². The van der Waals surface area contributed by atoms with E-state index in [9.17, 15) is 8.42 Å². The third-order valence-corrected chi connectivity index (χ3v) is 4.95. The molecule has 0 radical (unpaired) electrons. The Balaban J connectivity index is 2.34. The first kappa shape index (κ1) is 16.2. The zero-order valence-electron chi connectivity index (χ0n) is 13.0. The van der Waals surface area contributed by atoms with Gasteiger partial charge in [-0.05, 0) is 61.4 Å². The van der Waals surface area contributed by atoms with Crippen molar-refractivity contribution in [3.05, 3.63) is 47.5 Å². The summed E-state index contributed by atoms with van der Waals surface area (Å²) in [6.45, 7) is 3.74. The molecule has 1 N–H and O–H groups in total. The Morgan fingerprint density at radius 2 is 1.50 bits per heavy atom. The van der Waals surface area contributed by atoms with Gasteiger partial charge in [-0.3, -0.25) is 4.72 Å². The van der Waals surface area contributed by atoms with Crippen LogP contribution in [0.25, 0.3) is 0 Å². The van der Waals surface area contributed by atoms with E-state index >= 15 is 0 Å². The van der Waals surface area contributed by atoms with Crippen molar-refractivity contribution in [2.75, 3.05) is 18.9 Å². The van der Waals surface area contributed by atoms with Crippen LogP contribution in [-0.4, -0.2) is 22.6 Å². The third kappa shape index (κ3) is 3.17. The molecular weight excluding hydrogens is 302 g/mol. The molecule has 0 aliphatic carbocycles. The summed E-state index contributed by atoms with van der Waals surface area (Å²) in [4.78, 5) is 0.182. The highest BCUT2D eigenvalue weighted by Gasteiger charge is 2.16. The maximum absolute atomic E-state index is 12.4. The molecule has 0 atom stereocenters. The minimum absolute atomic E-state index is 0.182. The fraction of sp³-hybridized carbons (Fsp3) is 0.250. The van der Waals surface area contributed by atoms with Crippen molar-refractivity contribution >= 4 is 15.7 Å². The predicted molar refractivity (Wildman–Crippen MR) is 86.3 cm³/mol. The van der Waals surface area contributed by atoms with Crippen molar-refractivity contribution in [3.63, 3.8) is 0 Å². The van der Waals surface area contributed by atoms with E-state index in [1.807, 2.05) is 13.8 Å². The summed E-state index contributed by atoms with van der Waals surface area (Å²) < 4.78 is 37.7. The van der Waals surface area contributed by atoms with Gasteiger partial charge in [-0.25, -0.2) is 8.42 Å². The van der Waals surface area contributed by atoms with E-state index in [-0.39, 0.29) is 4.90 Å². The second-order valence-electron chi connectivity index (χ2n) is 4.85. The summed E-state index contributed by atoms with van der Waals surface area (Å²) in [6.07, 6.45) is 0. The Morgan fingerprint density at radius 1 is 0.864 bits per heavy atom. The van der Waals surface area contributed by atoms with E-state index in [4.69, 9.17) is 9.47 Å². The SMILES string of the molecule is COc1ccc(S(=O)(=O)Nc2ccc(OC)c(C)c2C)cc1. The molecule has 0 aliphatic heterocycles. The summed E-state index contributed by atoms with van der Waals surface area (Å²) in [5.41, 5.74) is 2.27. The molecule has 0 aromatic heterocycles. The first-order valence-electron chi connectivity index (χ1n) is 6.70. The van der Waals surface area contributed by atoms with Gasteiger partial charge in [-0.15, -0.1) is 0 Å². The van der Waals surface area contributed by atoms with E-state index in [0.29, 0.717) is 11.4 Å². The van der Waals surface area contributed by atoms with Crippen LogP contribution >= 0.6 is 0 Å². The van der Waals surface area contributed by atoms with Crippen LogP contribution in [-0.2, 0) is 10.0 Å². The molecule has 0 heterocycles. The lowest BCUT2D eigenvalue weighted by molar-refractivity contribution is 0.411. The monoisotopic (exact) mass is 321 g/mol. The molecule has 0 amide bonds. The maximum atomic E-state index is 12.4. The second kappa shape index (κ2) is 6.27. The molecule has 0 saturated carbocycles. The zero-order chi connectivity index (χ0) is 16.3. The molecule has 2 aromatic rings. The van der Waals surface area contributed by atoms with Crippen molar-refractivity contribution in [3.8, 4) is 11.5 Å². The molecule has 0 unspecified atom stereocenters. The smallest absolute Gasteiger partial charge is 0.261 e. The lowest BCUT2D eigenvalue weighted by Crippen LogP contribution is -2.14. The maximum Gasteiger partial charge on any atom is 0.261 e. The Labute approximate surface area is 130 Å². The van der Waals surface area contributed by atoms with Crippen LogP contribution in [0.5, 0.6) is 11.5 Å². The van der Waals surface area contributed by atoms with E-state index in [1.54, 1.807) is 31.4 Å². The van der Waals surface area contributed by atoms with Gasteiger partial charge in [-0.2, -0.15) is 0 Å². The van der Waals surface area contributed by atoms with Crippen LogP contribution in [0.15, 0.2) is 41.3 Å². The van der Waals surface area contributed by atoms with Crippen molar-refractivity contribution in [1.82, 2.24) is 0 Å². The van der Waals surface area contributed by atoms with Gasteiger partial charge in [0.15, 0.2) is 0 Å². The lowest BCUT2D eigenvalue weighted by atomic mass is 10.1. The largest absolute Gasteiger partial charge is 0.497 e. The van der Waals surface area contributed by atoms with Crippen molar-refractivity contribution in [1.29, 1.82) is 0 Å². The molecule has 0 fully saturated rings. The molecule has 118 valence electrons. The highest BCUT2D eigenvalue weighted by molar-refractivity contribution is 7.92. The molecule has 0 spiro atoms. The number of hydrogen-bond acceptors (Lipinski definition) is 4. The predicted octanol–water partition coefficient (Wildman–Crippen LogP) is 3.12. The van der Waals surface area contributed by atoms with Crippen LogP contribution in [0.4, 0.5) is 5.69 Å². The van der Waals surface area contributed by atoms with Gasteiger partial charge < -0.3 is 9.47 Å². The summed E-state index contributed by atoms with van der Waals surface area (Å²) in [5, 5.41) is 0. The topological polar surface area (TPSA) is 64.6 Å². The van der Waals surface area contributed by atoms with Gasteiger partial charge in [0.25, 0.3) is 10.0 Å². The Kier molecular flexibility index (Phi) is 4.61. The number of anilines is 1. The number of benzene rings is 2. The lowest BCUT2D eigenvalue weighted by Gasteiger charge is -2.14. The summed E-state index contributed by atoms with van der Waals surface area (Å²) in [6, 6.07) is 9.68. The van der Waals surface area contributed by atoms with Gasteiger partial charge in [0, 0.05) is 0 Å². The first-order valence-corrected chi connectivity index (χ1v) is 8.18. The highest BCUT2D eigenvalue weighted by Crippen LogP contribution is 2.29. The van der Waals surface area contributed by atoms with Crippen molar-refractivity contribution in [2.45, 2.75) is 18.7 Å². The van der Waals surface area contributed by atoms with Gasteiger partial charge in [-0.1, -0.05) is 0 Å². The fourth-order valence-corrected chi connectivity index (χ4v) is 3.21. The van der Waals surface area contributed by atoms with E-state index in [2.05, 4.69) is 4.72 Å². The molecule has 2 rings (SSSR count). The van der Waals surface area contributed by atoms with Gasteiger partial charge in [0.05, 0.1) is 24.8 Å².